The van der Waals surface area contributed by atoms with Crippen LogP contribution in [0.25, 0.3) is 0 Å². The van der Waals surface area contributed by atoms with Gasteiger partial charge in [0.1, 0.15) is 12.9 Å². The SMILES string of the molecule is COCN1C(=O)N(C)C2C1N(CCO)C(=O)N2CCO. The number of hydrogen-bond acceptors (Lipinski definition) is 5. The van der Waals surface area contributed by atoms with Crippen LogP contribution >= 0.6 is 0 Å². The summed E-state index contributed by atoms with van der Waals surface area (Å²) in [6.07, 6.45) is -0.998. The molecule has 2 N–H and O–H groups in total. The summed E-state index contributed by atoms with van der Waals surface area (Å²) in [6, 6.07) is -0.552. The van der Waals surface area contributed by atoms with Gasteiger partial charge in [0.05, 0.1) is 13.2 Å². The van der Waals surface area contributed by atoms with E-state index in [0.717, 1.165) is 0 Å². The maximum Gasteiger partial charge on any atom is 0.325 e. The number of aliphatic hydroxyl groups excluding tert-OH is 2. The smallest absolute Gasteiger partial charge is 0.325 e. The monoisotopic (exact) mass is 288 g/mol. The molecule has 2 fully saturated rings. The molecule has 2 heterocycles. The first-order valence-corrected chi connectivity index (χ1v) is 6.39. The second-order valence-electron chi connectivity index (χ2n) is 4.72. The number of fused-ring (bicyclic) bond motifs is 1. The van der Waals surface area contributed by atoms with Crippen molar-refractivity contribution in [3.05, 3.63) is 0 Å². The molecule has 9 nitrogen and oxygen atoms in total. The summed E-state index contributed by atoms with van der Waals surface area (Å²) in [5.74, 6) is 0. The summed E-state index contributed by atoms with van der Waals surface area (Å²) >= 11 is 0. The molecule has 0 spiro atoms. The predicted octanol–water partition coefficient (Wildman–Crippen LogP) is -1.67. The molecule has 0 aromatic carbocycles. The fourth-order valence-electron chi connectivity index (χ4n) is 2.82. The van der Waals surface area contributed by atoms with E-state index in [1.807, 2.05) is 0 Å². The summed E-state index contributed by atoms with van der Waals surface area (Å²) in [5.41, 5.74) is 0. The molecule has 2 aliphatic rings. The highest BCUT2D eigenvalue weighted by Crippen LogP contribution is 2.33. The standard InChI is InChI=1S/C11H20N4O5/c1-12-8-9(15(7-20-2)10(12)18)14(4-6-17)11(19)13(8)3-5-16/h8-9,16-17H,3-7H2,1-2H3. The fourth-order valence-corrected chi connectivity index (χ4v) is 2.82. The number of carbonyl (C=O) groups is 2. The van der Waals surface area contributed by atoms with Gasteiger partial charge in [-0.25, -0.2) is 9.59 Å². The molecule has 2 atom stereocenters. The van der Waals surface area contributed by atoms with Crippen LogP contribution in [0.3, 0.4) is 0 Å². The van der Waals surface area contributed by atoms with Gasteiger partial charge in [-0.3, -0.25) is 14.7 Å². The first-order valence-electron chi connectivity index (χ1n) is 6.39. The summed E-state index contributed by atoms with van der Waals surface area (Å²) in [4.78, 5) is 30.3. The molecular weight excluding hydrogens is 268 g/mol. The van der Waals surface area contributed by atoms with Crippen LogP contribution in [0, 0.1) is 0 Å². The lowest BCUT2D eigenvalue weighted by atomic mass is 10.3. The highest BCUT2D eigenvalue weighted by molar-refractivity contribution is 5.85. The number of methoxy groups -OCH3 is 1. The van der Waals surface area contributed by atoms with Gasteiger partial charge in [-0.15, -0.1) is 0 Å². The van der Waals surface area contributed by atoms with Gasteiger partial charge in [0.25, 0.3) is 0 Å². The zero-order valence-corrected chi connectivity index (χ0v) is 11.6. The highest BCUT2D eigenvalue weighted by atomic mass is 16.5. The third-order valence-electron chi connectivity index (χ3n) is 3.61. The quantitative estimate of drug-likeness (QED) is 0.609. The number of carbonyl (C=O) groups excluding carboxylic acids is 2. The molecule has 0 aliphatic carbocycles. The van der Waals surface area contributed by atoms with Gasteiger partial charge in [0, 0.05) is 27.2 Å². The Bertz CT molecular complexity index is 389. The average molecular weight is 288 g/mol. The molecule has 2 aliphatic heterocycles. The maximum atomic E-state index is 12.3. The molecule has 2 rings (SSSR count). The van der Waals surface area contributed by atoms with E-state index in [1.165, 1.54) is 26.7 Å². The number of amides is 4. The van der Waals surface area contributed by atoms with E-state index in [4.69, 9.17) is 14.9 Å². The molecule has 0 aromatic heterocycles. The van der Waals surface area contributed by atoms with Gasteiger partial charge >= 0.3 is 12.1 Å². The molecule has 2 unspecified atom stereocenters. The van der Waals surface area contributed by atoms with E-state index in [0.29, 0.717) is 0 Å². The number of nitrogens with zero attached hydrogens (tertiary/aromatic N) is 4. The molecule has 4 amide bonds. The molecule has 114 valence electrons. The lowest BCUT2D eigenvalue weighted by Gasteiger charge is -2.28. The number of hydrogen-bond donors (Lipinski definition) is 2. The Morgan fingerprint density at radius 3 is 2.05 bits per heavy atom. The van der Waals surface area contributed by atoms with Crippen LogP contribution in [0.2, 0.25) is 0 Å². The summed E-state index contributed by atoms with van der Waals surface area (Å²) in [5, 5.41) is 18.2. The van der Waals surface area contributed by atoms with E-state index < -0.39 is 12.3 Å². The molecule has 0 bridgehead atoms. The van der Waals surface area contributed by atoms with Gasteiger partial charge < -0.3 is 19.8 Å². The molecular formula is C11H20N4O5. The number of β-amino-alcohol motifs (C(OH)–C–C–N with tert-alkyl or cyclic N) is 2. The van der Waals surface area contributed by atoms with Crippen molar-refractivity contribution in [3.8, 4) is 0 Å². The fraction of sp³-hybridized carbons (Fsp3) is 0.818. The lowest BCUT2D eigenvalue weighted by molar-refractivity contribution is 0.0307. The van der Waals surface area contributed by atoms with Crippen molar-refractivity contribution in [1.29, 1.82) is 0 Å². The van der Waals surface area contributed by atoms with Gasteiger partial charge in [-0.2, -0.15) is 0 Å². The van der Waals surface area contributed by atoms with E-state index in [2.05, 4.69) is 0 Å². The van der Waals surface area contributed by atoms with Crippen molar-refractivity contribution in [2.24, 2.45) is 0 Å². The van der Waals surface area contributed by atoms with Crippen molar-refractivity contribution >= 4 is 12.1 Å². The lowest BCUT2D eigenvalue weighted by Crippen LogP contribution is -2.48. The number of aliphatic hydroxyl groups is 2. The molecule has 0 aromatic rings. The average Bonchev–Trinajstić information content (AvgIpc) is 2.82. The minimum atomic E-state index is -0.515. The zero-order valence-electron chi connectivity index (χ0n) is 11.6. The zero-order chi connectivity index (χ0) is 14.9. The van der Waals surface area contributed by atoms with E-state index in [1.54, 1.807) is 7.05 Å². The Morgan fingerprint density at radius 2 is 1.55 bits per heavy atom. The Hall–Kier alpha value is -1.58. The van der Waals surface area contributed by atoms with Crippen molar-refractivity contribution in [2.45, 2.75) is 12.3 Å². The number of ether oxygens (including phenoxy) is 1. The van der Waals surface area contributed by atoms with Gasteiger partial charge in [-0.05, 0) is 0 Å². The summed E-state index contributed by atoms with van der Waals surface area (Å²) < 4.78 is 5.02. The number of rotatable bonds is 6. The van der Waals surface area contributed by atoms with Crippen molar-refractivity contribution < 1.29 is 24.5 Å². The van der Waals surface area contributed by atoms with Crippen molar-refractivity contribution in [2.75, 3.05) is 47.2 Å². The van der Waals surface area contributed by atoms with Crippen LogP contribution in [0.15, 0.2) is 0 Å². The van der Waals surface area contributed by atoms with Crippen molar-refractivity contribution in [1.82, 2.24) is 19.6 Å². The largest absolute Gasteiger partial charge is 0.395 e. The number of urea groups is 2. The molecule has 2 saturated heterocycles. The van der Waals surface area contributed by atoms with E-state index in [9.17, 15) is 9.59 Å². The van der Waals surface area contributed by atoms with Crippen LogP contribution in [0.5, 0.6) is 0 Å². The molecule has 0 radical (unpaired) electrons. The van der Waals surface area contributed by atoms with Crippen LogP contribution in [0.4, 0.5) is 9.59 Å². The van der Waals surface area contributed by atoms with Crippen LogP contribution in [0.1, 0.15) is 0 Å². The van der Waals surface area contributed by atoms with Crippen molar-refractivity contribution in [3.63, 3.8) is 0 Å². The Kier molecular flexibility index (Phi) is 4.31. The number of likely N-dealkylation sites (N-methyl/N-ethyl adjacent to an activating group) is 1. The highest BCUT2D eigenvalue weighted by Gasteiger charge is 2.57. The normalized spacial score (nSPS) is 26.0. The van der Waals surface area contributed by atoms with Crippen LogP contribution in [-0.2, 0) is 4.74 Å². The molecule has 0 saturated carbocycles. The van der Waals surface area contributed by atoms with Gasteiger partial charge in [0.2, 0.25) is 0 Å². The second kappa shape index (κ2) is 5.81. The van der Waals surface area contributed by atoms with E-state index >= 15 is 0 Å². The topological polar surface area (TPSA) is 96.8 Å². The van der Waals surface area contributed by atoms with E-state index in [-0.39, 0.29) is 45.1 Å². The maximum absolute atomic E-state index is 12.3. The minimum Gasteiger partial charge on any atom is -0.395 e. The Morgan fingerprint density at radius 1 is 1.00 bits per heavy atom. The summed E-state index contributed by atoms with van der Waals surface area (Å²) in [7, 11) is 3.08. The Labute approximate surface area is 116 Å². The first kappa shape index (κ1) is 14.8. The Balaban J connectivity index is 2.33. The van der Waals surface area contributed by atoms with Gasteiger partial charge in [-0.1, -0.05) is 0 Å². The van der Waals surface area contributed by atoms with Crippen LogP contribution < -0.4 is 0 Å². The first-order chi connectivity index (χ1) is 9.58. The second-order valence-corrected chi connectivity index (χ2v) is 4.72. The van der Waals surface area contributed by atoms with Gasteiger partial charge in [0.15, 0.2) is 6.17 Å². The minimum absolute atomic E-state index is 0.0620. The molecule has 9 heteroatoms. The summed E-state index contributed by atoms with van der Waals surface area (Å²) in [6.45, 7) is -0.0506. The predicted molar refractivity (Wildman–Crippen MR) is 67.4 cm³/mol. The van der Waals surface area contributed by atoms with Crippen LogP contribution in [-0.4, -0.2) is 101 Å². The third-order valence-corrected chi connectivity index (χ3v) is 3.61. The third kappa shape index (κ3) is 2.07. The molecule has 20 heavy (non-hydrogen) atoms.